The van der Waals surface area contributed by atoms with E-state index in [4.69, 9.17) is 0 Å². The molecule has 5 nitrogen and oxygen atoms in total. The van der Waals surface area contributed by atoms with Gasteiger partial charge in [-0.15, -0.1) is 11.8 Å². The number of carbonyl (C=O) groups excluding carboxylic acids is 1. The van der Waals surface area contributed by atoms with Gasteiger partial charge in [0.15, 0.2) is 0 Å². The summed E-state index contributed by atoms with van der Waals surface area (Å²) in [6, 6.07) is 5.89. The maximum absolute atomic E-state index is 11.2. The van der Waals surface area contributed by atoms with Crippen molar-refractivity contribution in [1.82, 2.24) is 20.0 Å². The van der Waals surface area contributed by atoms with Gasteiger partial charge in [0.1, 0.15) is 5.65 Å². The zero-order valence-electron chi connectivity index (χ0n) is 10.2. The average molecular weight is 264 g/mol. The lowest BCUT2D eigenvalue weighted by Crippen LogP contribution is -2.36. The number of carbonyl (C=O) groups is 1. The molecule has 6 heteroatoms. The number of pyridine rings is 1. The standard InChI is InChI=1S/C12H16N4OS/c1-2-13-12(17)15-7-9-18-11-5-3-4-10-14-6-8-16(10)11/h3-6,8H,2,7,9H2,1H3,(H2,13,15,17). The normalized spacial score (nSPS) is 10.5. The summed E-state index contributed by atoms with van der Waals surface area (Å²) < 4.78 is 2.04. The number of hydrogen-bond donors (Lipinski definition) is 2. The van der Waals surface area contributed by atoms with Crippen LogP contribution in [0.3, 0.4) is 0 Å². The highest BCUT2D eigenvalue weighted by Gasteiger charge is 2.01. The lowest BCUT2D eigenvalue weighted by Gasteiger charge is -2.07. The van der Waals surface area contributed by atoms with Crippen LogP contribution in [0.25, 0.3) is 5.65 Å². The first-order valence-corrected chi connectivity index (χ1v) is 6.86. The fourth-order valence-corrected chi connectivity index (χ4v) is 2.46. The second-order valence-electron chi connectivity index (χ2n) is 3.65. The van der Waals surface area contributed by atoms with Gasteiger partial charge in [-0.2, -0.15) is 0 Å². The van der Waals surface area contributed by atoms with Crippen molar-refractivity contribution in [1.29, 1.82) is 0 Å². The quantitative estimate of drug-likeness (QED) is 0.639. The number of nitrogens with zero attached hydrogens (tertiary/aromatic N) is 2. The molecule has 2 amide bonds. The first-order valence-electron chi connectivity index (χ1n) is 5.88. The van der Waals surface area contributed by atoms with E-state index in [9.17, 15) is 4.79 Å². The van der Waals surface area contributed by atoms with Gasteiger partial charge < -0.3 is 10.6 Å². The van der Waals surface area contributed by atoms with Crippen LogP contribution in [0.15, 0.2) is 35.6 Å². The highest BCUT2D eigenvalue weighted by Crippen LogP contribution is 2.18. The van der Waals surface area contributed by atoms with Crippen LogP contribution in [0.1, 0.15) is 6.92 Å². The van der Waals surface area contributed by atoms with Crippen molar-refractivity contribution < 1.29 is 4.79 Å². The van der Waals surface area contributed by atoms with Crippen molar-refractivity contribution in [3.8, 4) is 0 Å². The molecule has 0 aliphatic heterocycles. The van der Waals surface area contributed by atoms with Crippen LogP contribution in [0.4, 0.5) is 4.79 Å². The lowest BCUT2D eigenvalue weighted by atomic mass is 10.5. The first kappa shape index (κ1) is 12.8. The summed E-state index contributed by atoms with van der Waals surface area (Å²) in [5.41, 5.74) is 0.941. The lowest BCUT2D eigenvalue weighted by molar-refractivity contribution is 0.242. The Balaban J connectivity index is 1.83. The number of fused-ring (bicyclic) bond motifs is 1. The third kappa shape index (κ3) is 3.16. The largest absolute Gasteiger partial charge is 0.338 e. The smallest absolute Gasteiger partial charge is 0.314 e. The third-order valence-electron chi connectivity index (χ3n) is 2.37. The topological polar surface area (TPSA) is 58.4 Å². The van der Waals surface area contributed by atoms with Crippen molar-refractivity contribution in [3.05, 3.63) is 30.6 Å². The van der Waals surface area contributed by atoms with Gasteiger partial charge in [-0.05, 0) is 19.1 Å². The fourth-order valence-electron chi connectivity index (χ4n) is 1.58. The van der Waals surface area contributed by atoms with Crippen molar-refractivity contribution >= 4 is 23.4 Å². The van der Waals surface area contributed by atoms with E-state index in [2.05, 4.69) is 15.6 Å². The van der Waals surface area contributed by atoms with Crippen LogP contribution in [0, 0.1) is 0 Å². The zero-order valence-corrected chi connectivity index (χ0v) is 11.0. The Kier molecular flexibility index (Phi) is 4.46. The third-order valence-corrected chi connectivity index (χ3v) is 3.40. The molecule has 0 aliphatic carbocycles. The number of rotatable bonds is 5. The summed E-state index contributed by atoms with van der Waals surface area (Å²) in [5, 5.41) is 6.62. The second-order valence-corrected chi connectivity index (χ2v) is 4.77. The first-order chi connectivity index (χ1) is 8.81. The molecule has 2 N–H and O–H groups in total. The SMILES string of the molecule is CCNC(=O)NCCSc1cccc2nccn12. The Morgan fingerprint density at radius 2 is 2.33 bits per heavy atom. The summed E-state index contributed by atoms with van der Waals surface area (Å²) in [7, 11) is 0. The number of imidazole rings is 1. The minimum absolute atomic E-state index is 0.112. The van der Waals surface area contributed by atoms with Crippen LogP contribution >= 0.6 is 11.8 Å². The molecule has 2 aromatic heterocycles. The van der Waals surface area contributed by atoms with Crippen LogP contribution in [0.5, 0.6) is 0 Å². The monoisotopic (exact) mass is 264 g/mol. The van der Waals surface area contributed by atoms with E-state index in [1.165, 1.54) is 0 Å². The minimum Gasteiger partial charge on any atom is -0.338 e. The Hall–Kier alpha value is -1.69. The molecule has 0 atom stereocenters. The molecule has 0 aromatic carbocycles. The van der Waals surface area contributed by atoms with E-state index in [1.54, 1.807) is 18.0 Å². The van der Waals surface area contributed by atoms with E-state index in [-0.39, 0.29) is 6.03 Å². The molecular formula is C12H16N4OS. The molecule has 2 heterocycles. The van der Waals surface area contributed by atoms with E-state index in [0.29, 0.717) is 13.1 Å². The van der Waals surface area contributed by atoms with Gasteiger partial charge in [0.25, 0.3) is 0 Å². The maximum Gasteiger partial charge on any atom is 0.314 e. The highest BCUT2D eigenvalue weighted by atomic mass is 32.2. The van der Waals surface area contributed by atoms with Gasteiger partial charge in [-0.3, -0.25) is 4.40 Å². The molecule has 18 heavy (non-hydrogen) atoms. The predicted molar refractivity (Wildman–Crippen MR) is 73.0 cm³/mol. The Bertz CT molecular complexity index is 526. The molecule has 0 unspecified atom stereocenters. The van der Waals surface area contributed by atoms with Crippen LogP contribution in [-0.4, -0.2) is 34.3 Å². The fraction of sp³-hybridized carbons (Fsp3) is 0.333. The summed E-state index contributed by atoms with van der Waals surface area (Å²) in [6.45, 7) is 3.18. The number of thioether (sulfide) groups is 1. The predicted octanol–water partition coefficient (Wildman–Crippen LogP) is 1.75. The molecular weight excluding hydrogens is 248 g/mol. The molecule has 0 spiro atoms. The second kappa shape index (κ2) is 6.30. The van der Waals surface area contributed by atoms with Crippen molar-refractivity contribution in [2.24, 2.45) is 0 Å². The van der Waals surface area contributed by atoms with Gasteiger partial charge >= 0.3 is 6.03 Å². The maximum atomic E-state index is 11.2. The van der Waals surface area contributed by atoms with E-state index < -0.39 is 0 Å². The van der Waals surface area contributed by atoms with Gasteiger partial charge in [0, 0.05) is 31.2 Å². The number of aromatic nitrogens is 2. The molecule has 0 aliphatic rings. The highest BCUT2D eigenvalue weighted by molar-refractivity contribution is 7.99. The molecule has 0 radical (unpaired) electrons. The molecule has 0 saturated carbocycles. The summed E-state index contributed by atoms with van der Waals surface area (Å²) in [4.78, 5) is 15.4. The zero-order chi connectivity index (χ0) is 12.8. The van der Waals surface area contributed by atoms with E-state index in [1.807, 2.05) is 35.7 Å². The van der Waals surface area contributed by atoms with Gasteiger partial charge in [0.05, 0.1) is 5.03 Å². The number of amides is 2. The molecule has 96 valence electrons. The minimum atomic E-state index is -0.112. The molecule has 0 saturated heterocycles. The van der Waals surface area contributed by atoms with Crippen LogP contribution in [-0.2, 0) is 0 Å². The van der Waals surface area contributed by atoms with Crippen LogP contribution < -0.4 is 10.6 Å². The summed E-state index contributed by atoms with van der Waals surface area (Å²) >= 11 is 1.70. The van der Waals surface area contributed by atoms with Crippen molar-refractivity contribution in [2.45, 2.75) is 11.9 Å². The van der Waals surface area contributed by atoms with Gasteiger partial charge in [-0.25, -0.2) is 9.78 Å². The molecule has 2 rings (SSSR count). The molecule has 0 fully saturated rings. The van der Waals surface area contributed by atoms with E-state index >= 15 is 0 Å². The molecule has 2 aromatic rings. The summed E-state index contributed by atoms with van der Waals surface area (Å²) in [6.07, 6.45) is 3.72. The number of hydrogen-bond acceptors (Lipinski definition) is 3. The Labute approximate surface area is 110 Å². The van der Waals surface area contributed by atoms with Crippen LogP contribution in [0.2, 0.25) is 0 Å². The Morgan fingerprint density at radius 3 is 3.17 bits per heavy atom. The molecule has 0 bridgehead atoms. The van der Waals surface area contributed by atoms with E-state index in [0.717, 1.165) is 16.4 Å². The Morgan fingerprint density at radius 1 is 1.44 bits per heavy atom. The number of urea groups is 1. The van der Waals surface area contributed by atoms with Gasteiger partial charge in [0.2, 0.25) is 0 Å². The van der Waals surface area contributed by atoms with Crippen molar-refractivity contribution in [3.63, 3.8) is 0 Å². The van der Waals surface area contributed by atoms with Crippen molar-refractivity contribution in [2.75, 3.05) is 18.8 Å². The number of nitrogens with one attached hydrogen (secondary N) is 2. The average Bonchev–Trinajstić information content (AvgIpc) is 2.84. The van der Waals surface area contributed by atoms with Gasteiger partial charge in [-0.1, -0.05) is 6.07 Å². The summed E-state index contributed by atoms with van der Waals surface area (Å²) in [5.74, 6) is 0.828.